The van der Waals surface area contributed by atoms with Crippen LogP contribution in [0.1, 0.15) is 22.3 Å². The number of benzene rings is 3. The SMILES string of the molecule is Cc1ccccc1CSCC(=O)N/N=C/c1ccccc1OCc1ccccc1. The smallest absolute Gasteiger partial charge is 0.250 e. The molecule has 0 aliphatic heterocycles. The maximum atomic E-state index is 12.0. The number of hydrazone groups is 1. The molecular weight excluding hydrogens is 380 g/mol. The van der Waals surface area contributed by atoms with Crippen LogP contribution in [0.4, 0.5) is 0 Å². The monoisotopic (exact) mass is 404 g/mol. The first-order valence-electron chi connectivity index (χ1n) is 9.42. The molecule has 3 aromatic rings. The number of aryl methyl sites for hydroxylation is 1. The van der Waals surface area contributed by atoms with Crippen molar-refractivity contribution in [3.05, 3.63) is 101 Å². The van der Waals surface area contributed by atoms with Crippen molar-refractivity contribution in [3.8, 4) is 5.75 Å². The fraction of sp³-hybridized carbons (Fsp3) is 0.167. The van der Waals surface area contributed by atoms with Crippen molar-refractivity contribution in [2.45, 2.75) is 19.3 Å². The van der Waals surface area contributed by atoms with Crippen molar-refractivity contribution in [1.29, 1.82) is 0 Å². The quantitative estimate of drug-likeness (QED) is 0.405. The van der Waals surface area contributed by atoms with Crippen LogP contribution < -0.4 is 10.2 Å². The number of ether oxygens (including phenoxy) is 1. The summed E-state index contributed by atoms with van der Waals surface area (Å²) in [5.74, 6) is 1.77. The molecule has 0 aromatic heterocycles. The van der Waals surface area contributed by atoms with Gasteiger partial charge in [-0.1, -0.05) is 66.7 Å². The third-order valence-corrected chi connectivity index (χ3v) is 5.28. The molecule has 0 unspecified atom stereocenters. The molecule has 4 nitrogen and oxygen atoms in total. The number of amides is 1. The summed E-state index contributed by atoms with van der Waals surface area (Å²) < 4.78 is 5.90. The first kappa shape index (κ1) is 20.7. The number of carbonyl (C=O) groups excluding carboxylic acids is 1. The van der Waals surface area contributed by atoms with Crippen LogP contribution in [-0.4, -0.2) is 17.9 Å². The first-order valence-corrected chi connectivity index (χ1v) is 10.6. The van der Waals surface area contributed by atoms with Gasteiger partial charge in [-0.3, -0.25) is 4.79 Å². The van der Waals surface area contributed by atoms with Gasteiger partial charge in [0.05, 0.1) is 12.0 Å². The third kappa shape index (κ3) is 6.80. The van der Waals surface area contributed by atoms with Crippen LogP contribution in [0.15, 0.2) is 84.0 Å². The Labute approximate surface area is 176 Å². The number of thioether (sulfide) groups is 1. The van der Waals surface area contributed by atoms with Gasteiger partial charge in [-0.25, -0.2) is 5.43 Å². The minimum absolute atomic E-state index is 0.123. The van der Waals surface area contributed by atoms with E-state index in [1.165, 1.54) is 11.1 Å². The van der Waals surface area contributed by atoms with Gasteiger partial charge in [-0.15, -0.1) is 11.8 Å². The molecule has 0 atom stereocenters. The van der Waals surface area contributed by atoms with Gasteiger partial charge in [-0.05, 0) is 35.7 Å². The highest BCUT2D eigenvalue weighted by Crippen LogP contribution is 2.18. The molecule has 0 saturated carbocycles. The Balaban J connectivity index is 1.47. The van der Waals surface area contributed by atoms with E-state index in [0.29, 0.717) is 12.4 Å². The molecule has 0 spiro atoms. The van der Waals surface area contributed by atoms with Crippen molar-refractivity contribution in [3.63, 3.8) is 0 Å². The predicted octanol–water partition coefficient (Wildman–Crippen LogP) is 4.96. The Morgan fingerprint density at radius 2 is 1.72 bits per heavy atom. The number of nitrogens with one attached hydrogen (secondary N) is 1. The lowest BCUT2D eigenvalue weighted by Gasteiger charge is -2.09. The van der Waals surface area contributed by atoms with E-state index in [2.05, 4.69) is 29.6 Å². The maximum Gasteiger partial charge on any atom is 0.250 e. The second-order valence-corrected chi connectivity index (χ2v) is 7.51. The molecule has 3 aromatic carbocycles. The molecule has 0 radical (unpaired) electrons. The standard InChI is InChI=1S/C24H24N2O2S/c1-19-9-5-6-13-22(19)17-29-18-24(27)26-25-15-21-12-7-8-14-23(21)28-16-20-10-3-2-4-11-20/h2-15H,16-18H2,1H3,(H,26,27)/b25-15+. The lowest BCUT2D eigenvalue weighted by molar-refractivity contribution is -0.118. The second kappa shape index (κ2) is 11.1. The van der Waals surface area contributed by atoms with Crippen molar-refractivity contribution >= 4 is 23.9 Å². The lowest BCUT2D eigenvalue weighted by Crippen LogP contribution is -2.19. The molecular formula is C24H24N2O2S. The van der Waals surface area contributed by atoms with Gasteiger partial charge in [0.1, 0.15) is 12.4 Å². The van der Waals surface area contributed by atoms with Crippen LogP contribution in [0.25, 0.3) is 0 Å². The number of hydrogen-bond acceptors (Lipinski definition) is 4. The summed E-state index contributed by atoms with van der Waals surface area (Å²) in [5.41, 5.74) is 6.99. The molecule has 0 aliphatic carbocycles. The third-order valence-electron chi connectivity index (χ3n) is 4.30. The highest BCUT2D eigenvalue weighted by molar-refractivity contribution is 7.99. The molecule has 0 aliphatic rings. The molecule has 5 heteroatoms. The van der Waals surface area contributed by atoms with E-state index in [9.17, 15) is 4.79 Å². The Morgan fingerprint density at radius 1 is 1.00 bits per heavy atom. The van der Waals surface area contributed by atoms with Crippen molar-refractivity contribution < 1.29 is 9.53 Å². The summed E-state index contributed by atoms with van der Waals surface area (Å²) >= 11 is 1.57. The van der Waals surface area contributed by atoms with Crippen LogP contribution in [0.3, 0.4) is 0 Å². The molecule has 0 bridgehead atoms. The van der Waals surface area contributed by atoms with Gasteiger partial charge in [0.15, 0.2) is 0 Å². The van der Waals surface area contributed by atoms with E-state index in [4.69, 9.17) is 4.74 Å². The molecule has 1 amide bonds. The zero-order valence-electron chi connectivity index (χ0n) is 16.4. The van der Waals surface area contributed by atoms with Gasteiger partial charge in [0, 0.05) is 11.3 Å². The Morgan fingerprint density at radius 3 is 2.55 bits per heavy atom. The summed E-state index contributed by atoms with van der Waals surface area (Å²) in [6, 6.07) is 25.8. The van der Waals surface area contributed by atoms with Gasteiger partial charge >= 0.3 is 0 Å². The first-order chi connectivity index (χ1) is 14.2. The predicted molar refractivity (Wildman–Crippen MR) is 120 cm³/mol. The van der Waals surface area contributed by atoms with Crippen molar-refractivity contribution in [2.24, 2.45) is 5.10 Å². The number of hydrogen-bond donors (Lipinski definition) is 1. The maximum absolute atomic E-state index is 12.0. The Hall–Kier alpha value is -3.05. The van der Waals surface area contributed by atoms with Crippen LogP contribution in [0.2, 0.25) is 0 Å². The van der Waals surface area contributed by atoms with Gasteiger partial charge in [0.25, 0.3) is 0 Å². The van der Waals surface area contributed by atoms with Crippen LogP contribution in [0.5, 0.6) is 5.75 Å². The fourth-order valence-electron chi connectivity index (χ4n) is 2.69. The zero-order chi connectivity index (χ0) is 20.3. The topological polar surface area (TPSA) is 50.7 Å². The summed E-state index contributed by atoms with van der Waals surface area (Å²) in [4.78, 5) is 12.0. The van der Waals surface area contributed by atoms with E-state index < -0.39 is 0 Å². The molecule has 148 valence electrons. The minimum Gasteiger partial charge on any atom is -0.488 e. The molecule has 0 heterocycles. The Kier molecular flexibility index (Phi) is 7.90. The highest BCUT2D eigenvalue weighted by Gasteiger charge is 2.04. The second-order valence-electron chi connectivity index (χ2n) is 6.52. The number of para-hydroxylation sites is 1. The number of rotatable bonds is 9. The van der Waals surface area contributed by atoms with Crippen LogP contribution >= 0.6 is 11.8 Å². The molecule has 3 rings (SSSR count). The van der Waals surface area contributed by atoms with Crippen LogP contribution in [-0.2, 0) is 17.2 Å². The lowest BCUT2D eigenvalue weighted by atomic mass is 10.1. The van der Waals surface area contributed by atoms with Gasteiger partial charge in [-0.2, -0.15) is 5.10 Å². The average molecular weight is 405 g/mol. The number of carbonyl (C=O) groups is 1. The molecule has 0 fully saturated rings. The van der Waals surface area contributed by atoms with Gasteiger partial charge < -0.3 is 4.74 Å². The summed E-state index contributed by atoms with van der Waals surface area (Å²) in [7, 11) is 0. The van der Waals surface area contributed by atoms with Crippen LogP contribution in [0, 0.1) is 6.92 Å². The van der Waals surface area contributed by atoms with Crippen molar-refractivity contribution in [1.82, 2.24) is 5.43 Å². The van der Waals surface area contributed by atoms with E-state index in [0.717, 1.165) is 22.6 Å². The van der Waals surface area contributed by atoms with E-state index in [-0.39, 0.29) is 5.91 Å². The summed E-state index contributed by atoms with van der Waals surface area (Å²) in [6.07, 6.45) is 1.62. The summed E-state index contributed by atoms with van der Waals surface area (Å²) in [6.45, 7) is 2.56. The largest absolute Gasteiger partial charge is 0.488 e. The number of nitrogens with zero attached hydrogens (tertiary/aromatic N) is 1. The van der Waals surface area contributed by atoms with E-state index in [1.807, 2.05) is 66.7 Å². The molecule has 1 N–H and O–H groups in total. The highest BCUT2D eigenvalue weighted by atomic mass is 32.2. The normalized spacial score (nSPS) is 10.8. The van der Waals surface area contributed by atoms with E-state index in [1.54, 1.807) is 18.0 Å². The average Bonchev–Trinajstić information content (AvgIpc) is 2.75. The molecule has 0 saturated heterocycles. The van der Waals surface area contributed by atoms with Crippen molar-refractivity contribution in [2.75, 3.05) is 5.75 Å². The Bertz CT molecular complexity index is 958. The van der Waals surface area contributed by atoms with E-state index >= 15 is 0 Å². The summed E-state index contributed by atoms with van der Waals surface area (Å²) in [5, 5.41) is 4.08. The van der Waals surface area contributed by atoms with Gasteiger partial charge in [0.2, 0.25) is 5.91 Å². The fourth-order valence-corrected chi connectivity index (χ4v) is 3.58. The molecule has 29 heavy (non-hydrogen) atoms. The zero-order valence-corrected chi connectivity index (χ0v) is 17.2. The minimum atomic E-state index is -0.123.